The fraction of sp³-hybridized carbons (Fsp3) is 0.429. The first-order valence-corrected chi connectivity index (χ1v) is 10.1. The van der Waals surface area contributed by atoms with E-state index in [9.17, 15) is 19.5 Å². The Balaban J connectivity index is 1.83. The molecule has 2 heterocycles. The zero-order valence-electron chi connectivity index (χ0n) is 17.8. The highest BCUT2D eigenvalue weighted by molar-refractivity contribution is 6.31. The fourth-order valence-corrected chi connectivity index (χ4v) is 3.49. The van der Waals surface area contributed by atoms with E-state index in [1.165, 1.54) is 23.8 Å². The minimum atomic E-state index is -0.846. The van der Waals surface area contributed by atoms with E-state index in [0.717, 1.165) is 0 Å². The number of carbonyl (C=O) groups is 2. The number of benzene rings is 1. The molecule has 1 aliphatic rings. The van der Waals surface area contributed by atoms with Crippen LogP contribution < -0.4 is 10.9 Å². The summed E-state index contributed by atoms with van der Waals surface area (Å²) in [5, 5.41) is 13.0. The second-order valence-corrected chi connectivity index (χ2v) is 8.51. The van der Waals surface area contributed by atoms with Crippen molar-refractivity contribution in [2.75, 3.05) is 25.5 Å². The lowest BCUT2D eigenvalue weighted by Gasteiger charge is -2.45. The molecule has 31 heavy (non-hydrogen) atoms. The quantitative estimate of drug-likeness (QED) is 0.725. The van der Waals surface area contributed by atoms with E-state index in [1.54, 1.807) is 37.8 Å². The highest BCUT2D eigenvalue weighted by Gasteiger charge is 2.39. The van der Waals surface area contributed by atoms with Crippen molar-refractivity contribution in [2.45, 2.75) is 32.9 Å². The van der Waals surface area contributed by atoms with E-state index in [0.29, 0.717) is 40.9 Å². The van der Waals surface area contributed by atoms with Gasteiger partial charge in [-0.1, -0.05) is 11.6 Å². The van der Waals surface area contributed by atoms with E-state index in [2.05, 4.69) is 15.0 Å². The molecule has 1 aromatic heterocycles. The Hall–Kier alpha value is -2.91. The standard InChI is InChI=1S/C21H25ClN4O5/c1-12-23-17(15-6-5-14(22)7-16(15)24-20(29)31-4)8-18(27)26(12)11-19(28)25-9-13(10-25)21(2,3)30/h5-8,13,30H,9-11H2,1-4H3,(H,24,29). The molecule has 10 heteroatoms. The van der Waals surface area contributed by atoms with Crippen LogP contribution in [0.15, 0.2) is 29.1 Å². The maximum atomic E-state index is 12.8. The van der Waals surface area contributed by atoms with Crippen molar-refractivity contribution in [3.8, 4) is 11.3 Å². The monoisotopic (exact) mass is 448 g/mol. The number of aliphatic hydroxyl groups is 1. The number of aryl methyl sites for hydroxylation is 1. The number of nitrogens with zero attached hydrogens (tertiary/aromatic N) is 3. The molecule has 0 unspecified atom stereocenters. The number of anilines is 1. The third-order valence-corrected chi connectivity index (χ3v) is 5.64. The molecule has 2 aromatic rings. The average Bonchev–Trinajstić information content (AvgIpc) is 2.62. The molecule has 0 aliphatic carbocycles. The van der Waals surface area contributed by atoms with Gasteiger partial charge in [0.05, 0.1) is 24.1 Å². The largest absolute Gasteiger partial charge is 0.453 e. The van der Waals surface area contributed by atoms with E-state index in [1.807, 2.05) is 0 Å². The van der Waals surface area contributed by atoms with Crippen molar-refractivity contribution in [2.24, 2.45) is 5.92 Å². The number of rotatable bonds is 5. The van der Waals surface area contributed by atoms with Gasteiger partial charge in [0.1, 0.15) is 12.4 Å². The van der Waals surface area contributed by atoms with Crippen LogP contribution in [-0.2, 0) is 16.1 Å². The minimum absolute atomic E-state index is 0.0143. The summed E-state index contributed by atoms with van der Waals surface area (Å²) >= 11 is 6.03. The molecule has 9 nitrogen and oxygen atoms in total. The summed E-state index contributed by atoms with van der Waals surface area (Å²) in [5.74, 6) is 0.162. The van der Waals surface area contributed by atoms with Crippen LogP contribution in [0.2, 0.25) is 5.02 Å². The Labute approximate surface area is 184 Å². The second-order valence-electron chi connectivity index (χ2n) is 8.07. The Morgan fingerprint density at radius 1 is 1.32 bits per heavy atom. The van der Waals surface area contributed by atoms with Crippen LogP contribution in [0.25, 0.3) is 11.3 Å². The Kier molecular flexibility index (Phi) is 6.38. The number of methoxy groups -OCH3 is 1. The molecule has 0 saturated carbocycles. The molecule has 0 atom stereocenters. The number of likely N-dealkylation sites (tertiary alicyclic amines) is 1. The number of nitrogens with one attached hydrogen (secondary N) is 1. The van der Waals surface area contributed by atoms with E-state index >= 15 is 0 Å². The first-order valence-electron chi connectivity index (χ1n) is 9.73. The number of aromatic nitrogens is 2. The van der Waals surface area contributed by atoms with Gasteiger partial charge in [0, 0.05) is 35.7 Å². The molecule has 0 spiro atoms. The molecule has 2 amide bonds. The predicted octanol–water partition coefficient (Wildman–Crippen LogP) is 2.28. The van der Waals surface area contributed by atoms with Crippen LogP contribution in [-0.4, -0.2) is 57.4 Å². The zero-order valence-corrected chi connectivity index (χ0v) is 18.6. The summed E-state index contributed by atoms with van der Waals surface area (Å²) < 4.78 is 5.92. The summed E-state index contributed by atoms with van der Waals surface area (Å²) in [6, 6.07) is 6.10. The third kappa shape index (κ3) is 5.05. The minimum Gasteiger partial charge on any atom is -0.453 e. The first-order chi connectivity index (χ1) is 14.5. The molecule has 2 N–H and O–H groups in total. The van der Waals surface area contributed by atoms with Crippen molar-refractivity contribution in [3.05, 3.63) is 45.5 Å². The van der Waals surface area contributed by atoms with Crippen LogP contribution in [0.3, 0.4) is 0 Å². The van der Waals surface area contributed by atoms with Gasteiger partial charge in [-0.2, -0.15) is 0 Å². The third-order valence-electron chi connectivity index (χ3n) is 5.41. The molecule has 3 rings (SSSR count). The Morgan fingerprint density at radius 3 is 2.58 bits per heavy atom. The summed E-state index contributed by atoms with van der Waals surface area (Å²) in [6.07, 6.45) is -0.682. The van der Waals surface area contributed by atoms with Gasteiger partial charge in [0.25, 0.3) is 5.56 Å². The van der Waals surface area contributed by atoms with Crippen molar-refractivity contribution >= 4 is 29.3 Å². The van der Waals surface area contributed by atoms with Gasteiger partial charge in [-0.3, -0.25) is 19.5 Å². The lowest BCUT2D eigenvalue weighted by atomic mass is 9.84. The number of hydrogen-bond acceptors (Lipinski definition) is 6. The lowest BCUT2D eigenvalue weighted by Crippen LogP contribution is -2.58. The number of hydrogen-bond donors (Lipinski definition) is 2. The molecule has 166 valence electrons. The highest BCUT2D eigenvalue weighted by Crippen LogP contribution is 2.30. The van der Waals surface area contributed by atoms with Crippen molar-refractivity contribution < 1.29 is 19.4 Å². The number of halogens is 1. The predicted molar refractivity (Wildman–Crippen MR) is 116 cm³/mol. The fourth-order valence-electron chi connectivity index (χ4n) is 3.32. The highest BCUT2D eigenvalue weighted by atomic mass is 35.5. The molecule has 1 fully saturated rings. The van der Waals surface area contributed by atoms with Crippen LogP contribution in [0.1, 0.15) is 19.7 Å². The summed E-state index contributed by atoms with van der Waals surface area (Å²) in [6.45, 7) is 5.85. The normalized spacial score (nSPS) is 14.2. The molecule has 1 saturated heterocycles. The van der Waals surface area contributed by atoms with Gasteiger partial charge in [0.15, 0.2) is 0 Å². The summed E-state index contributed by atoms with van der Waals surface area (Å²) in [7, 11) is 1.24. The van der Waals surface area contributed by atoms with Gasteiger partial charge < -0.3 is 14.7 Å². The molecule has 0 radical (unpaired) electrons. The van der Waals surface area contributed by atoms with E-state index < -0.39 is 17.3 Å². The van der Waals surface area contributed by atoms with E-state index in [-0.39, 0.29) is 18.4 Å². The lowest BCUT2D eigenvalue weighted by molar-refractivity contribution is -0.145. The SMILES string of the molecule is COC(=O)Nc1cc(Cl)ccc1-c1cc(=O)n(CC(=O)N2CC(C(C)(C)O)C2)c(C)n1. The number of ether oxygens (including phenoxy) is 1. The van der Waals surface area contributed by atoms with Gasteiger partial charge in [-0.05, 0) is 39.0 Å². The van der Waals surface area contributed by atoms with Gasteiger partial charge in [-0.15, -0.1) is 0 Å². The smallest absolute Gasteiger partial charge is 0.411 e. The van der Waals surface area contributed by atoms with E-state index in [4.69, 9.17) is 11.6 Å². The molecule has 1 aromatic carbocycles. The summed E-state index contributed by atoms with van der Waals surface area (Å²) in [4.78, 5) is 43.0. The average molecular weight is 449 g/mol. The summed E-state index contributed by atoms with van der Waals surface area (Å²) in [5.41, 5.74) is -0.0713. The maximum absolute atomic E-state index is 12.8. The zero-order chi connectivity index (χ0) is 22.9. The maximum Gasteiger partial charge on any atom is 0.411 e. The van der Waals surface area contributed by atoms with Crippen LogP contribution in [0.4, 0.5) is 10.5 Å². The molecule has 0 bridgehead atoms. The molecular formula is C21H25ClN4O5. The van der Waals surface area contributed by atoms with Gasteiger partial charge in [0.2, 0.25) is 5.91 Å². The second kappa shape index (κ2) is 8.68. The topological polar surface area (TPSA) is 114 Å². The van der Waals surface area contributed by atoms with Gasteiger partial charge >= 0.3 is 6.09 Å². The Bertz CT molecular complexity index is 1070. The van der Waals surface area contributed by atoms with Crippen molar-refractivity contribution in [1.82, 2.24) is 14.5 Å². The van der Waals surface area contributed by atoms with Crippen LogP contribution in [0, 0.1) is 12.8 Å². The van der Waals surface area contributed by atoms with Crippen molar-refractivity contribution in [1.29, 1.82) is 0 Å². The van der Waals surface area contributed by atoms with Gasteiger partial charge in [-0.25, -0.2) is 9.78 Å². The van der Waals surface area contributed by atoms with Crippen LogP contribution >= 0.6 is 11.6 Å². The van der Waals surface area contributed by atoms with Crippen LogP contribution in [0.5, 0.6) is 0 Å². The molecular weight excluding hydrogens is 424 g/mol. The van der Waals surface area contributed by atoms with Crippen molar-refractivity contribution in [3.63, 3.8) is 0 Å². The first kappa shape index (κ1) is 22.8. The number of carbonyl (C=O) groups excluding carboxylic acids is 2. The Morgan fingerprint density at radius 2 is 2.00 bits per heavy atom. The number of amides is 2. The molecule has 1 aliphatic heterocycles.